The van der Waals surface area contributed by atoms with Crippen molar-refractivity contribution in [3.8, 4) is 0 Å². The van der Waals surface area contributed by atoms with E-state index in [1.54, 1.807) is 7.11 Å². The van der Waals surface area contributed by atoms with Crippen LogP contribution in [0.1, 0.15) is 11.3 Å². The van der Waals surface area contributed by atoms with Gasteiger partial charge in [0.15, 0.2) is 0 Å². The summed E-state index contributed by atoms with van der Waals surface area (Å²) in [7, 11) is 1.60. The average Bonchev–Trinajstić information content (AvgIpc) is 2.31. The molecule has 0 aromatic carbocycles. The van der Waals surface area contributed by atoms with Crippen LogP contribution in [-0.2, 0) is 11.4 Å². The van der Waals surface area contributed by atoms with E-state index < -0.39 is 0 Å². The van der Waals surface area contributed by atoms with Crippen LogP contribution >= 0.6 is 11.5 Å². The first-order valence-electron chi connectivity index (χ1n) is 3.00. The standard InChI is InChI=1S/C6H10N2OS/c1-5-4-10-8-6(5)3-7-9-2/h4,7H,3H2,1-2H3. The van der Waals surface area contributed by atoms with Gasteiger partial charge in [-0.15, -0.1) is 0 Å². The van der Waals surface area contributed by atoms with E-state index in [-0.39, 0.29) is 0 Å². The van der Waals surface area contributed by atoms with Gasteiger partial charge in [-0.1, -0.05) is 0 Å². The highest BCUT2D eigenvalue weighted by Gasteiger charge is 1.98. The third-order valence-corrected chi connectivity index (χ3v) is 2.02. The van der Waals surface area contributed by atoms with Gasteiger partial charge in [0.1, 0.15) is 0 Å². The molecule has 0 saturated carbocycles. The molecule has 0 bridgehead atoms. The van der Waals surface area contributed by atoms with Crippen LogP contribution < -0.4 is 5.48 Å². The lowest BCUT2D eigenvalue weighted by Gasteiger charge is -1.97. The highest BCUT2D eigenvalue weighted by molar-refractivity contribution is 7.03. The normalized spacial score (nSPS) is 10.2. The van der Waals surface area contributed by atoms with Crippen molar-refractivity contribution in [3.63, 3.8) is 0 Å². The van der Waals surface area contributed by atoms with Gasteiger partial charge in [0.2, 0.25) is 0 Å². The molecule has 0 radical (unpaired) electrons. The number of hydrogen-bond donors (Lipinski definition) is 1. The number of nitrogens with zero attached hydrogens (tertiary/aromatic N) is 1. The fourth-order valence-corrected chi connectivity index (χ4v) is 1.30. The first-order valence-corrected chi connectivity index (χ1v) is 3.84. The minimum atomic E-state index is 0.686. The second-order valence-corrected chi connectivity index (χ2v) is 2.60. The van der Waals surface area contributed by atoms with Crippen molar-refractivity contribution in [2.24, 2.45) is 0 Å². The number of rotatable bonds is 3. The van der Waals surface area contributed by atoms with Crippen molar-refractivity contribution in [1.82, 2.24) is 9.85 Å². The number of nitrogens with one attached hydrogen (secondary N) is 1. The van der Waals surface area contributed by atoms with Crippen molar-refractivity contribution in [1.29, 1.82) is 0 Å². The Kier molecular flexibility index (Phi) is 2.80. The molecule has 0 fully saturated rings. The molecular formula is C6H10N2OS. The van der Waals surface area contributed by atoms with Gasteiger partial charge in [-0.2, -0.15) is 9.85 Å². The van der Waals surface area contributed by atoms with Crippen LogP contribution in [0.3, 0.4) is 0 Å². The Morgan fingerprint density at radius 3 is 3.10 bits per heavy atom. The van der Waals surface area contributed by atoms with E-state index in [0.717, 1.165) is 5.69 Å². The fourth-order valence-electron chi connectivity index (χ4n) is 0.621. The molecule has 0 aliphatic carbocycles. The summed E-state index contributed by atoms with van der Waals surface area (Å²) in [5.74, 6) is 0. The van der Waals surface area contributed by atoms with Gasteiger partial charge in [-0.3, -0.25) is 0 Å². The third kappa shape index (κ3) is 1.76. The Morgan fingerprint density at radius 2 is 2.60 bits per heavy atom. The van der Waals surface area contributed by atoms with Crippen LogP contribution in [0.25, 0.3) is 0 Å². The Balaban J connectivity index is 2.49. The summed E-state index contributed by atoms with van der Waals surface area (Å²) in [5, 5.41) is 2.02. The van der Waals surface area contributed by atoms with Crippen molar-refractivity contribution in [3.05, 3.63) is 16.6 Å². The minimum absolute atomic E-state index is 0.686. The smallest absolute Gasteiger partial charge is 0.0732 e. The molecule has 0 spiro atoms. The quantitative estimate of drug-likeness (QED) is 0.669. The molecular weight excluding hydrogens is 148 g/mol. The van der Waals surface area contributed by atoms with E-state index >= 15 is 0 Å². The zero-order chi connectivity index (χ0) is 7.40. The summed E-state index contributed by atoms with van der Waals surface area (Å²) in [6, 6.07) is 0. The Morgan fingerprint density at radius 1 is 1.80 bits per heavy atom. The van der Waals surface area contributed by atoms with E-state index in [0.29, 0.717) is 6.54 Å². The number of aromatic nitrogens is 1. The van der Waals surface area contributed by atoms with Crippen LogP contribution in [0, 0.1) is 6.92 Å². The molecule has 1 rings (SSSR count). The molecule has 3 nitrogen and oxygen atoms in total. The molecule has 0 saturated heterocycles. The predicted molar refractivity (Wildman–Crippen MR) is 40.7 cm³/mol. The lowest BCUT2D eigenvalue weighted by atomic mass is 10.3. The number of hydroxylamine groups is 1. The van der Waals surface area contributed by atoms with E-state index in [1.165, 1.54) is 17.1 Å². The highest BCUT2D eigenvalue weighted by atomic mass is 32.1. The zero-order valence-electron chi connectivity index (χ0n) is 6.05. The van der Waals surface area contributed by atoms with Gasteiger partial charge in [-0.25, -0.2) is 0 Å². The maximum Gasteiger partial charge on any atom is 0.0732 e. The minimum Gasteiger partial charge on any atom is -0.305 e. The van der Waals surface area contributed by atoms with Crippen molar-refractivity contribution >= 4 is 11.5 Å². The summed E-state index contributed by atoms with van der Waals surface area (Å²) in [5.41, 5.74) is 5.01. The maximum atomic E-state index is 4.68. The average molecular weight is 158 g/mol. The molecule has 0 amide bonds. The molecule has 0 aliphatic heterocycles. The molecule has 10 heavy (non-hydrogen) atoms. The maximum absolute atomic E-state index is 4.68. The molecule has 0 atom stereocenters. The third-order valence-electron chi connectivity index (χ3n) is 1.23. The molecule has 0 aliphatic rings. The molecule has 0 unspecified atom stereocenters. The summed E-state index contributed by atoms with van der Waals surface area (Å²) in [6.45, 7) is 2.72. The molecule has 1 heterocycles. The largest absolute Gasteiger partial charge is 0.305 e. The van der Waals surface area contributed by atoms with E-state index in [9.17, 15) is 0 Å². The second kappa shape index (κ2) is 3.65. The van der Waals surface area contributed by atoms with Crippen LogP contribution in [0.2, 0.25) is 0 Å². The van der Waals surface area contributed by atoms with Gasteiger partial charge in [0.25, 0.3) is 0 Å². The zero-order valence-corrected chi connectivity index (χ0v) is 6.86. The van der Waals surface area contributed by atoms with Crippen molar-refractivity contribution < 1.29 is 4.84 Å². The van der Waals surface area contributed by atoms with Gasteiger partial charge < -0.3 is 4.84 Å². The van der Waals surface area contributed by atoms with Gasteiger partial charge in [-0.05, 0) is 24.0 Å². The Bertz CT molecular complexity index is 199. The summed E-state index contributed by atoms with van der Waals surface area (Å²) >= 11 is 1.47. The fraction of sp³-hybridized carbons (Fsp3) is 0.500. The molecule has 4 heteroatoms. The molecule has 56 valence electrons. The van der Waals surface area contributed by atoms with Crippen LogP contribution in [0.15, 0.2) is 5.38 Å². The number of hydrogen-bond acceptors (Lipinski definition) is 4. The topological polar surface area (TPSA) is 34.1 Å². The predicted octanol–water partition coefficient (Wildman–Crippen LogP) is 1.10. The number of aryl methyl sites for hydroxylation is 1. The molecule has 1 N–H and O–H groups in total. The van der Waals surface area contributed by atoms with E-state index in [4.69, 9.17) is 0 Å². The monoisotopic (exact) mass is 158 g/mol. The van der Waals surface area contributed by atoms with Gasteiger partial charge in [0.05, 0.1) is 19.3 Å². The van der Waals surface area contributed by atoms with Crippen molar-refractivity contribution in [2.75, 3.05) is 7.11 Å². The Hall–Kier alpha value is -0.450. The summed E-state index contributed by atoms with van der Waals surface area (Å²) in [6.07, 6.45) is 0. The highest BCUT2D eigenvalue weighted by Crippen LogP contribution is 2.07. The van der Waals surface area contributed by atoms with Crippen molar-refractivity contribution in [2.45, 2.75) is 13.5 Å². The van der Waals surface area contributed by atoms with E-state index in [2.05, 4.69) is 14.7 Å². The molecule has 1 aromatic heterocycles. The SMILES string of the molecule is CONCc1nscc1C. The lowest BCUT2D eigenvalue weighted by Crippen LogP contribution is -2.11. The lowest BCUT2D eigenvalue weighted by molar-refractivity contribution is 0.0859. The summed E-state index contributed by atoms with van der Waals surface area (Å²) < 4.78 is 4.15. The van der Waals surface area contributed by atoms with Gasteiger partial charge >= 0.3 is 0 Å². The second-order valence-electron chi connectivity index (χ2n) is 1.97. The first kappa shape index (κ1) is 7.65. The summed E-state index contributed by atoms with van der Waals surface area (Å²) in [4.78, 5) is 4.68. The van der Waals surface area contributed by atoms with Gasteiger partial charge in [0, 0.05) is 5.38 Å². The molecule has 1 aromatic rings. The van der Waals surface area contributed by atoms with E-state index in [1.807, 2.05) is 12.3 Å². The van der Waals surface area contributed by atoms with Crippen LogP contribution in [0.4, 0.5) is 0 Å². The first-order chi connectivity index (χ1) is 4.84. The Labute approximate surface area is 64.1 Å². The van der Waals surface area contributed by atoms with Crippen LogP contribution in [0.5, 0.6) is 0 Å². The van der Waals surface area contributed by atoms with Crippen LogP contribution in [-0.4, -0.2) is 11.5 Å².